The van der Waals surface area contributed by atoms with E-state index in [0.29, 0.717) is 12.8 Å². The summed E-state index contributed by atoms with van der Waals surface area (Å²) in [5.41, 5.74) is -0.693. The average Bonchev–Trinajstić information content (AvgIpc) is 1.89. The Balaban J connectivity index is 2.05. The zero-order valence-electron chi connectivity index (χ0n) is 7.90. The van der Waals surface area contributed by atoms with Gasteiger partial charge in [0, 0.05) is 0 Å². The van der Waals surface area contributed by atoms with Gasteiger partial charge in [-0.1, -0.05) is 6.42 Å². The minimum Gasteiger partial charge on any atom is -0.481 e. The summed E-state index contributed by atoms with van der Waals surface area (Å²) in [6, 6.07) is 0. The molecular formula is C10H14O4. The molecule has 0 radical (unpaired) electrons. The van der Waals surface area contributed by atoms with Crippen molar-refractivity contribution >= 4 is 11.9 Å². The molecule has 2 aliphatic rings. The van der Waals surface area contributed by atoms with Gasteiger partial charge in [-0.2, -0.15) is 0 Å². The SMILES string of the molecule is O=C(O)C1CC(C(=O)O)(C2CCC2)C1. The summed E-state index contributed by atoms with van der Waals surface area (Å²) in [5.74, 6) is -1.83. The standard InChI is InChI=1S/C10H14O4/c11-8(12)6-4-10(5-6,9(13)14)7-2-1-3-7/h6-7H,1-5H2,(H,11,12)(H,13,14). The number of aliphatic carboxylic acids is 2. The fraction of sp³-hybridized carbons (Fsp3) is 0.800. The van der Waals surface area contributed by atoms with E-state index in [4.69, 9.17) is 10.2 Å². The van der Waals surface area contributed by atoms with Crippen molar-refractivity contribution < 1.29 is 19.8 Å². The van der Waals surface area contributed by atoms with E-state index in [0.717, 1.165) is 19.3 Å². The molecule has 0 atom stereocenters. The van der Waals surface area contributed by atoms with Gasteiger partial charge in [0.15, 0.2) is 0 Å². The predicted molar refractivity (Wildman–Crippen MR) is 47.8 cm³/mol. The van der Waals surface area contributed by atoms with Crippen LogP contribution in [-0.4, -0.2) is 22.2 Å². The predicted octanol–water partition coefficient (Wildman–Crippen LogP) is 1.35. The number of carbonyl (C=O) groups is 2. The Bertz CT molecular complexity index is 274. The third kappa shape index (κ3) is 1.13. The Morgan fingerprint density at radius 1 is 1.14 bits per heavy atom. The summed E-state index contributed by atoms with van der Waals surface area (Å²) in [5, 5.41) is 17.9. The molecule has 0 heterocycles. The van der Waals surface area contributed by atoms with Crippen molar-refractivity contribution in [3.05, 3.63) is 0 Å². The molecule has 0 spiro atoms. The van der Waals surface area contributed by atoms with Gasteiger partial charge in [-0.15, -0.1) is 0 Å². The molecule has 0 aromatic rings. The maximum absolute atomic E-state index is 11.1. The number of carboxylic acid groups (broad SMARTS) is 2. The third-order valence-electron chi connectivity index (χ3n) is 3.88. The highest BCUT2D eigenvalue weighted by Gasteiger charge is 2.58. The van der Waals surface area contributed by atoms with Gasteiger partial charge in [-0.3, -0.25) is 9.59 Å². The third-order valence-corrected chi connectivity index (χ3v) is 3.88. The average molecular weight is 198 g/mol. The summed E-state index contributed by atoms with van der Waals surface area (Å²) in [6.07, 6.45) is 3.68. The van der Waals surface area contributed by atoms with Crippen LogP contribution in [0.5, 0.6) is 0 Å². The van der Waals surface area contributed by atoms with E-state index >= 15 is 0 Å². The van der Waals surface area contributed by atoms with Crippen LogP contribution in [0, 0.1) is 17.3 Å². The molecule has 2 saturated carbocycles. The first-order valence-electron chi connectivity index (χ1n) is 5.02. The van der Waals surface area contributed by atoms with Gasteiger partial charge in [0.2, 0.25) is 0 Å². The zero-order valence-corrected chi connectivity index (χ0v) is 7.90. The molecule has 2 rings (SSSR count). The van der Waals surface area contributed by atoms with E-state index < -0.39 is 23.3 Å². The van der Waals surface area contributed by atoms with Gasteiger partial charge in [-0.25, -0.2) is 0 Å². The summed E-state index contributed by atoms with van der Waals surface area (Å²) in [7, 11) is 0. The van der Waals surface area contributed by atoms with Crippen LogP contribution in [0.15, 0.2) is 0 Å². The molecule has 0 amide bonds. The monoisotopic (exact) mass is 198 g/mol. The van der Waals surface area contributed by atoms with E-state index in [1.54, 1.807) is 0 Å². The first-order valence-corrected chi connectivity index (χ1v) is 5.02. The quantitative estimate of drug-likeness (QED) is 0.717. The maximum atomic E-state index is 11.1. The molecule has 0 aromatic carbocycles. The molecule has 2 aliphatic carbocycles. The van der Waals surface area contributed by atoms with Crippen molar-refractivity contribution in [2.45, 2.75) is 32.1 Å². The van der Waals surface area contributed by atoms with Crippen LogP contribution in [0.25, 0.3) is 0 Å². The van der Waals surface area contributed by atoms with Crippen molar-refractivity contribution in [2.24, 2.45) is 17.3 Å². The molecule has 0 aromatic heterocycles. The second-order valence-electron chi connectivity index (χ2n) is 4.53. The van der Waals surface area contributed by atoms with E-state index in [9.17, 15) is 9.59 Å². The molecule has 0 saturated heterocycles. The van der Waals surface area contributed by atoms with Crippen molar-refractivity contribution in [1.29, 1.82) is 0 Å². The lowest BCUT2D eigenvalue weighted by Crippen LogP contribution is -2.53. The van der Waals surface area contributed by atoms with Gasteiger partial charge in [0.05, 0.1) is 11.3 Å². The number of hydrogen-bond donors (Lipinski definition) is 2. The number of carboxylic acids is 2. The van der Waals surface area contributed by atoms with Gasteiger partial charge in [0.25, 0.3) is 0 Å². The van der Waals surface area contributed by atoms with E-state index in [1.807, 2.05) is 0 Å². The smallest absolute Gasteiger partial charge is 0.309 e. The van der Waals surface area contributed by atoms with Crippen LogP contribution in [0.2, 0.25) is 0 Å². The maximum Gasteiger partial charge on any atom is 0.309 e. The highest BCUT2D eigenvalue weighted by atomic mass is 16.4. The highest BCUT2D eigenvalue weighted by molar-refractivity contribution is 5.81. The lowest BCUT2D eigenvalue weighted by Gasteiger charge is -2.50. The minimum atomic E-state index is -0.846. The largest absolute Gasteiger partial charge is 0.481 e. The Morgan fingerprint density at radius 2 is 1.71 bits per heavy atom. The molecule has 0 aliphatic heterocycles. The van der Waals surface area contributed by atoms with Crippen molar-refractivity contribution in [3.63, 3.8) is 0 Å². The van der Waals surface area contributed by atoms with Gasteiger partial charge in [0.1, 0.15) is 0 Å². The first-order chi connectivity index (χ1) is 6.56. The second kappa shape index (κ2) is 2.97. The van der Waals surface area contributed by atoms with Crippen molar-refractivity contribution in [1.82, 2.24) is 0 Å². The van der Waals surface area contributed by atoms with Gasteiger partial charge >= 0.3 is 11.9 Å². The molecule has 14 heavy (non-hydrogen) atoms. The van der Waals surface area contributed by atoms with Crippen molar-refractivity contribution in [2.75, 3.05) is 0 Å². The molecule has 0 unspecified atom stereocenters. The van der Waals surface area contributed by atoms with Crippen LogP contribution in [0.1, 0.15) is 32.1 Å². The van der Waals surface area contributed by atoms with Crippen LogP contribution in [0.4, 0.5) is 0 Å². The van der Waals surface area contributed by atoms with Gasteiger partial charge in [-0.05, 0) is 31.6 Å². The van der Waals surface area contributed by atoms with E-state index in [2.05, 4.69) is 0 Å². The second-order valence-corrected chi connectivity index (χ2v) is 4.53. The number of rotatable bonds is 3. The van der Waals surface area contributed by atoms with Crippen LogP contribution in [-0.2, 0) is 9.59 Å². The van der Waals surface area contributed by atoms with Crippen LogP contribution >= 0.6 is 0 Å². The van der Waals surface area contributed by atoms with Crippen LogP contribution < -0.4 is 0 Å². The first kappa shape index (κ1) is 9.49. The van der Waals surface area contributed by atoms with E-state index in [-0.39, 0.29) is 5.92 Å². The Labute approximate surface area is 81.9 Å². The summed E-state index contributed by atoms with van der Waals surface area (Å²) >= 11 is 0. The fourth-order valence-corrected chi connectivity index (χ4v) is 2.64. The molecule has 0 bridgehead atoms. The topological polar surface area (TPSA) is 74.6 Å². The summed E-state index contributed by atoms with van der Waals surface area (Å²) in [4.78, 5) is 21.7. The molecule has 2 N–H and O–H groups in total. The Morgan fingerprint density at radius 3 is 2.00 bits per heavy atom. The normalized spacial score (nSPS) is 37.0. The highest BCUT2D eigenvalue weighted by Crippen LogP contribution is 2.57. The van der Waals surface area contributed by atoms with Gasteiger partial charge < -0.3 is 10.2 Å². The van der Waals surface area contributed by atoms with Crippen LogP contribution in [0.3, 0.4) is 0 Å². The Kier molecular flexibility index (Phi) is 2.01. The molecule has 4 heteroatoms. The fourth-order valence-electron chi connectivity index (χ4n) is 2.64. The minimum absolute atomic E-state index is 0.232. The Hall–Kier alpha value is -1.06. The summed E-state index contributed by atoms with van der Waals surface area (Å²) in [6.45, 7) is 0. The lowest BCUT2D eigenvalue weighted by atomic mass is 9.51. The summed E-state index contributed by atoms with van der Waals surface area (Å²) < 4.78 is 0. The molecule has 78 valence electrons. The van der Waals surface area contributed by atoms with E-state index in [1.165, 1.54) is 0 Å². The lowest BCUT2D eigenvalue weighted by molar-refractivity contribution is -0.175. The zero-order chi connectivity index (χ0) is 10.3. The molecule has 4 nitrogen and oxygen atoms in total. The molecular weight excluding hydrogens is 184 g/mol. The van der Waals surface area contributed by atoms with Crippen molar-refractivity contribution in [3.8, 4) is 0 Å². The number of hydrogen-bond acceptors (Lipinski definition) is 2. The molecule has 2 fully saturated rings.